The molecular weight excluding hydrogens is 520 g/mol. The average Bonchev–Trinajstić information content (AvgIpc) is 2.96. The molecule has 0 spiro atoms. The van der Waals surface area contributed by atoms with Crippen LogP contribution < -0.4 is 14.8 Å². The van der Waals surface area contributed by atoms with E-state index in [2.05, 4.69) is 10.3 Å². The third-order valence-electron chi connectivity index (χ3n) is 6.87. The number of anilines is 1. The molecule has 1 aromatic heterocycles. The second-order valence-electron chi connectivity index (χ2n) is 10.0. The number of Topliss-reactive ketones (excluding diaryl/α,β-unsaturated/α-hetero) is 4. The van der Waals surface area contributed by atoms with Gasteiger partial charge in [-0.2, -0.15) is 0 Å². The fraction of sp³-hybridized carbons (Fsp3) is 0.448. The van der Waals surface area contributed by atoms with Crippen LogP contribution in [0.4, 0.5) is 5.69 Å². The molecule has 0 amide bonds. The number of rotatable bonds is 8. The van der Waals surface area contributed by atoms with Gasteiger partial charge in [0, 0.05) is 6.42 Å². The first kappa shape index (κ1) is 30.3. The van der Waals surface area contributed by atoms with Crippen molar-refractivity contribution in [3.63, 3.8) is 0 Å². The Labute approximate surface area is 232 Å². The van der Waals surface area contributed by atoms with Crippen molar-refractivity contribution in [3.05, 3.63) is 41.6 Å². The minimum atomic E-state index is -1.52. The summed E-state index contributed by atoms with van der Waals surface area (Å²) in [5.41, 5.74) is 0.791. The third-order valence-corrected chi connectivity index (χ3v) is 6.87. The van der Waals surface area contributed by atoms with E-state index in [9.17, 15) is 29.1 Å². The molecule has 3 rings (SSSR count). The van der Waals surface area contributed by atoms with Crippen molar-refractivity contribution in [2.45, 2.75) is 52.7 Å². The molecule has 214 valence electrons. The molecule has 11 nitrogen and oxygen atoms in total. The molecule has 0 saturated heterocycles. The zero-order valence-corrected chi connectivity index (χ0v) is 23.3. The van der Waals surface area contributed by atoms with Crippen molar-refractivity contribution in [1.29, 1.82) is 0 Å². The normalized spacial score (nSPS) is 21.9. The zero-order chi connectivity index (χ0) is 29.7. The van der Waals surface area contributed by atoms with Gasteiger partial charge in [-0.3, -0.25) is 24.0 Å². The van der Waals surface area contributed by atoms with E-state index in [0.29, 0.717) is 5.56 Å². The summed E-state index contributed by atoms with van der Waals surface area (Å²) in [6, 6.07) is 7.30. The Balaban J connectivity index is 2.09. The maximum atomic E-state index is 13.6. The first-order chi connectivity index (χ1) is 18.9. The number of benzene rings is 1. The quantitative estimate of drug-likeness (QED) is 0.365. The number of ether oxygens (including phenoxy) is 3. The minimum Gasteiger partial charge on any atom is -0.503 e. The highest BCUT2D eigenvalue weighted by Crippen LogP contribution is 2.42. The molecule has 1 saturated carbocycles. The Morgan fingerprint density at radius 2 is 1.70 bits per heavy atom. The van der Waals surface area contributed by atoms with E-state index in [1.807, 2.05) is 0 Å². The molecule has 1 fully saturated rings. The van der Waals surface area contributed by atoms with E-state index < -0.39 is 65.4 Å². The second kappa shape index (κ2) is 12.7. The third kappa shape index (κ3) is 6.30. The lowest BCUT2D eigenvalue weighted by Gasteiger charge is -2.29. The standard InChI is InChI=1S/C29H34N2O9/c1-14(2)29(37)40-26-15(3)22(33)25(36)19(31-21-27(38-5)23(34)16(4)30-28(21)39-6)13-20(32)24(35)18(26)12-17-10-8-7-9-11-17/h7-11,14-15,18-19,26,31,34H,12-13H2,1-6H3/t15-,18+,19+,26-/m1/s1. The van der Waals surface area contributed by atoms with Crippen LogP contribution in [0, 0.1) is 24.7 Å². The van der Waals surface area contributed by atoms with Gasteiger partial charge in [0.05, 0.1) is 37.7 Å². The summed E-state index contributed by atoms with van der Waals surface area (Å²) >= 11 is 0. The largest absolute Gasteiger partial charge is 0.503 e. The fourth-order valence-electron chi connectivity index (χ4n) is 4.57. The number of aryl methyl sites for hydroxylation is 1. The smallest absolute Gasteiger partial charge is 0.308 e. The van der Waals surface area contributed by atoms with Crippen LogP contribution >= 0.6 is 0 Å². The van der Waals surface area contributed by atoms with Crippen LogP contribution in [0.25, 0.3) is 0 Å². The molecule has 0 radical (unpaired) electrons. The number of aromatic hydroxyl groups is 1. The van der Waals surface area contributed by atoms with E-state index in [4.69, 9.17) is 14.2 Å². The van der Waals surface area contributed by atoms with Gasteiger partial charge in [0.15, 0.2) is 11.5 Å². The van der Waals surface area contributed by atoms with Crippen molar-refractivity contribution in [2.24, 2.45) is 17.8 Å². The van der Waals surface area contributed by atoms with Gasteiger partial charge in [-0.05, 0) is 18.9 Å². The van der Waals surface area contributed by atoms with E-state index in [1.165, 1.54) is 28.1 Å². The van der Waals surface area contributed by atoms with Crippen molar-refractivity contribution in [1.82, 2.24) is 4.98 Å². The summed E-state index contributed by atoms with van der Waals surface area (Å²) in [6.07, 6.45) is -2.01. The number of hydrogen-bond acceptors (Lipinski definition) is 11. The van der Waals surface area contributed by atoms with Gasteiger partial charge < -0.3 is 24.6 Å². The number of nitrogens with one attached hydrogen (secondary N) is 1. The summed E-state index contributed by atoms with van der Waals surface area (Å²) in [7, 11) is 2.58. The first-order valence-electron chi connectivity index (χ1n) is 12.9. The molecule has 11 heteroatoms. The highest BCUT2D eigenvalue weighted by atomic mass is 16.5. The fourth-order valence-corrected chi connectivity index (χ4v) is 4.57. The number of aromatic nitrogens is 1. The number of methoxy groups -OCH3 is 2. The monoisotopic (exact) mass is 554 g/mol. The number of pyridine rings is 1. The lowest BCUT2D eigenvalue weighted by Crippen LogP contribution is -2.45. The second-order valence-corrected chi connectivity index (χ2v) is 10.0. The SMILES string of the molecule is COc1nc(C)c(O)c(OC)c1N[C@H]1CC(=O)C(=O)[C@H](Cc2ccccc2)[C@H](OC(=O)C(C)C)[C@H](C)C(=O)C1=O. The van der Waals surface area contributed by atoms with Crippen molar-refractivity contribution in [3.8, 4) is 17.4 Å². The van der Waals surface area contributed by atoms with Crippen LogP contribution in [0.1, 0.15) is 38.4 Å². The highest BCUT2D eigenvalue weighted by Gasteiger charge is 2.46. The van der Waals surface area contributed by atoms with Gasteiger partial charge in [-0.15, -0.1) is 0 Å². The van der Waals surface area contributed by atoms with Crippen molar-refractivity contribution >= 4 is 34.8 Å². The predicted molar refractivity (Wildman–Crippen MR) is 143 cm³/mol. The van der Waals surface area contributed by atoms with Gasteiger partial charge in [0.1, 0.15) is 17.8 Å². The summed E-state index contributed by atoms with van der Waals surface area (Å²) in [5.74, 6) is -7.94. The van der Waals surface area contributed by atoms with Crippen molar-refractivity contribution in [2.75, 3.05) is 19.5 Å². The van der Waals surface area contributed by atoms with Gasteiger partial charge in [-0.1, -0.05) is 51.1 Å². The molecule has 2 aromatic rings. The molecule has 40 heavy (non-hydrogen) atoms. The summed E-state index contributed by atoms with van der Waals surface area (Å²) < 4.78 is 16.2. The summed E-state index contributed by atoms with van der Waals surface area (Å²) in [5, 5.41) is 13.2. The molecule has 1 aliphatic rings. The molecule has 1 heterocycles. The highest BCUT2D eigenvalue weighted by molar-refractivity contribution is 6.44. The Hall–Kier alpha value is -4.28. The van der Waals surface area contributed by atoms with Crippen LogP contribution in [0.15, 0.2) is 30.3 Å². The van der Waals surface area contributed by atoms with Crippen LogP contribution in [0.5, 0.6) is 17.4 Å². The maximum absolute atomic E-state index is 13.6. The van der Waals surface area contributed by atoms with Gasteiger partial charge in [-0.25, -0.2) is 4.98 Å². The number of carbonyl (C=O) groups excluding carboxylic acids is 5. The van der Waals surface area contributed by atoms with Crippen molar-refractivity contribution < 1.29 is 43.3 Å². The van der Waals surface area contributed by atoms with E-state index in [-0.39, 0.29) is 35.2 Å². The van der Waals surface area contributed by atoms with Crippen LogP contribution in [0.2, 0.25) is 0 Å². The number of hydrogen-bond donors (Lipinski definition) is 2. The summed E-state index contributed by atoms with van der Waals surface area (Å²) in [4.78, 5) is 70.8. The molecule has 4 atom stereocenters. The van der Waals surface area contributed by atoms with Gasteiger partial charge in [0.25, 0.3) is 0 Å². The molecule has 2 N–H and O–H groups in total. The molecular formula is C29H34N2O9. The van der Waals surface area contributed by atoms with Crippen LogP contribution in [-0.4, -0.2) is 65.6 Å². The lowest BCUT2D eigenvalue weighted by molar-refractivity contribution is -0.163. The molecule has 1 aromatic carbocycles. The predicted octanol–water partition coefficient (Wildman–Crippen LogP) is 2.64. The number of nitrogens with zero attached hydrogens (tertiary/aromatic N) is 1. The van der Waals surface area contributed by atoms with E-state index in [1.54, 1.807) is 44.2 Å². The number of carbonyl (C=O) groups is 5. The molecule has 0 bridgehead atoms. The molecule has 0 aliphatic heterocycles. The first-order valence-corrected chi connectivity index (χ1v) is 12.9. The van der Waals surface area contributed by atoms with E-state index >= 15 is 0 Å². The molecule has 1 aliphatic carbocycles. The number of esters is 1. The Morgan fingerprint density at radius 1 is 1.05 bits per heavy atom. The topological polar surface area (TPSA) is 158 Å². The van der Waals surface area contributed by atoms with Crippen LogP contribution in [0.3, 0.4) is 0 Å². The van der Waals surface area contributed by atoms with E-state index in [0.717, 1.165) is 0 Å². The summed E-state index contributed by atoms with van der Waals surface area (Å²) in [6.45, 7) is 6.10. The van der Waals surface area contributed by atoms with Crippen LogP contribution in [-0.2, 0) is 35.1 Å². The van der Waals surface area contributed by atoms with Gasteiger partial charge >= 0.3 is 5.97 Å². The minimum absolute atomic E-state index is 0.0166. The average molecular weight is 555 g/mol. The molecule has 0 unspecified atom stereocenters. The maximum Gasteiger partial charge on any atom is 0.308 e. The lowest BCUT2D eigenvalue weighted by atomic mass is 9.81. The number of ketones is 4. The Bertz CT molecular complexity index is 1310. The Morgan fingerprint density at radius 3 is 2.27 bits per heavy atom. The zero-order valence-electron chi connectivity index (χ0n) is 23.3. The Kier molecular flexibility index (Phi) is 9.62. The van der Waals surface area contributed by atoms with Gasteiger partial charge in [0.2, 0.25) is 29.0 Å².